The molecule has 1 atom stereocenters. The second-order valence-electron chi connectivity index (χ2n) is 4.05. The van der Waals surface area contributed by atoms with E-state index in [9.17, 15) is 0 Å². The third-order valence-electron chi connectivity index (χ3n) is 2.65. The maximum atomic E-state index is 5.09. The summed E-state index contributed by atoms with van der Waals surface area (Å²) in [5, 5.41) is 6.52. The van der Waals surface area contributed by atoms with Crippen molar-refractivity contribution in [3.05, 3.63) is 23.9 Å². The fourth-order valence-corrected chi connectivity index (χ4v) is 1.37. The molecule has 0 saturated heterocycles. The molecule has 0 spiro atoms. The van der Waals surface area contributed by atoms with E-state index in [4.69, 9.17) is 4.74 Å². The summed E-state index contributed by atoms with van der Waals surface area (Å²) in [6, 6.07) is 6.10. The maximum absolute atomic E-state index is 5.09. The summed E-state index contributed by atoms with van der Waals surface area (Å²) in [5.41, 5.74) is 0.918. The molecule has 0 aliphatic rings. The van der Waals surface area contributed by atoms with Crippen molar-refractivity contribution in [2.75, 3.05) is 14.2 Å². The van der Waals surface area contributed by atoms with Gasteiger partial charge in [-0.2, -0.15) is 0 Å². The van der Waals surface area contributed by atoms with Gasteiger partial charge in [-0.05, 0) is 19.4 Å². The molecule has 1 unspecified atom stereocenters. The zero-order chi connectivity index (χ0) is 13.4. The number of aromatic nitrogens is 1. The summed E-state index contributed by atoms with van der Waals surface area (Å²) in [6.45, 7) is 4.87. The van der Waals surface area contributed by atoms with Crippen LogP contribution in [-0.2, 0) is 6.54 Å². The highest BCUT2D eigenvalue weighted by Gasteiger charge is 2.03. The van der Waals surface area contributed by atoms with Crippen molar-refractivity contribution < 1.29 is 4.74 Å². The molecule has 0 radical (unpaired) electrons. The molecular formula is C13H23IN4O. The van der Waals surface area contributed by atoms with Gasteiger partial charge in [-0.3, -0.25) is 4.99 Å². The Kier molecular flexibility index (Phi) is 9.28. The van der Waals surface area contributed by atoms with Crippen LogP contribution in [0.15, 0.2) is 23.2 Å². The summed E-state index contributed by atoms with van der Waals surface area (Å²) in [4.78, 5) is 8.50. The number of nitrogens with zero attached hydrogens (tertiary/aromatic N) is 2. The number of hydrogen-bond acceptors (Lipinski definition) is 3. The van der Waals surface area contributed by atoms with E-state index in [0.717, 1.165) is 18.1 Å². The van der Waals surface area contributed by atoms with E-state index in [1.165, 1.54) is 0 Å². The van der Waals surface area contributed by atoms with Crippen LogP contribution in [0.5, 0.6) is 5.88 Å². The molecule has 0 aliphatic carbocycles. The summed E-state index contributed by atoms with van der Waals surface area (Å²) < 4.78 is 5.09. The first-order chi connectivity index (χ1) is 8.69. The summed E-state index contributed by atoms with van der Waals surface area (Å²) in [6.07, 6.45) is 1.05. The number of guanidine groups is 1. The Hall–Kier alpha value is -1.05. The number of halogens is 1. The molecule has 0 aromatic carbocycles. The molecule has 5 nitrogen and oxygen atoms in total. The predicted molar refractivity (Wildman–Crippen MR) is 89.3 cm³/mol. The number of aliphatic imine (C=N–C) groups is 1. The van der Waals surface area contributed by atoms with Crippen molar-refractivity contribution >= 4 is 29.9 Å². The Labute approximate surface area is 132 Å². The Bertz CT molecular complexity index is 398. The monoisotopic (exact) mass is 378 g/mol. The minimum absolute atomic E-state index is 0. The Morgan fingerprint density at radius 1 is 1.47 bits per heavy atom. The van der Waals surface area contributed by atoms with Crippen LogP contribution in [0.3, 0.4) is 0 Å². The van der Waals surface area contributed by atoms with E-state index in [1.807, 2.05) is 18.2 Å². The Morgan fingerprint density at radius 3 is 2.79 bits per heavy atom. The maximum Gasteiger partial charge on any atom is 0.213 e. The molecule has 6 heteroatoms. The zero-order valence-electron chi connectivity index (χ0n) is 11.9. The van der Waals surface area contributed by atoms with E-state index in [-0.39, 0.29) is 24.0 Å². The van der Waals surface area contributed by atoms with E-state index >= 15 is 0 Å². The lowest BCUT2D eigenvalue weighted by molar-refractivity contribution is 0.396. The molecule has 1 rings (SSSR count). The number of pyridine rings is 1. The van der Waals surface area contributed by atoms with E-state index < -0.39 is 0 Å². The highest BCUT2D eigenvalue weighted by molar-refractivity contribution is 14.0. The van der Waals surface area contributed by atoms with Crippen LogP contribution in [0.2, 0.25) is 0 Å². The van der Waals surface area contributed by atoms with Crippen LogP contribution >= 0.6 is 24.0 Å². The summed E-state index contributed by atoms with van der Waals surface area (Å²) in [5.74, 6) is 1.41. The average Bonchev–Trinajstić information content (AvgIpc) is 2.43. The lowest BCUT2D eigenvalue weighted by atomic mass is 10.3. The van der Waals surface area contributed by atoms with E-state index in [0.29, 0.717) is 18.5 Å². The van der Waals surface area contributed by atoms with Crippen LogP contribution < -0.4 is 15.4 Å². The molecule has 19 heavy (non-hydrogen) atoms. The van der Waals surface area contributed by atoms with Crippen LogP contribution in [0.1, 0.15) is 26.0 Å². The molecule has 0 amide bonds. The van der Waals surface area contributed by atoms with Gasteiger partial charge in [-0.25, -0.2) is 4.98 Å². The normalized spacial score (nSPS) is 12.3. The Balaban J connectivity index is 0.00000324. The van der Waals surface area contributed by atoms with Crippen LogP contribution in [0.25, 0.3) is 0 Å². The topological polar surface area (TPSA) is 58.5 Å². The third-order valence-corrected chi connectivity index (χ3v) is 2.65. The van der Waals surface area contributed by atoms with Crippen LogP contribution in [0, 0.1) is 0 Å². The molecule has 0 bridgehead atoms. The quantitative estimate of drug-likeness (QED) is 0.469. The van der Waals surface area contributed by atoms with Gasteiger partial charge < -0.3 is 15.4 Å². The number of ether oxygens (including phenoxy) is 1. The predicted octanol–water partition coefficient (Wildman–Crippen LogP) is 2.17. The first kappa shape index (κ1) is 17.9. The molecule has 1 aromatic heterocycles. The van der Waals surface area contributed by atoms with Gasteiger partial charge in [0.05, 0.1) is 19.3 Å². The van der Waals surface area contributed by atoms with Crippen molar-refractivity contribution in [1.29, 1.82) is 0 Å². The minimum Gasteiger partial charge on any atom is -0.481 e. The summed E-state index contributed by atoms with van der Waals surface area (Å²) >= 11 is 0. The standard InChI is InChI=1S/C13H22N4O.HI/c1-5-10(2)16-13(14-3)15-9-11-7-6-8-12(17-11)18-4;/h6-8,10H,5,9H2,1-4H3,(H2,14,15,16);1H. The van der Waals surface area contributed by atoms with Crippen LogP contribution in [0.4, 0.5) is 0 Å². The number of hydrogen-bond donors (Lipinski definition) is 2. The summed E-state index contributed by atoms with van der Waals surface area (Å²) in [7, 11) is 3.37. The SMILES string of the molecule is CCC(C)NC(=NC)NCc1cccc(OC)n1.I. The molecular weight excluding hydrogens is 355 g/mol. The van der Waals surface area contributed by atoms with Crippen molar-refractivity contribution in [2.45, 2.75) is 32.9 Å². The minimum atomic E-state index is 0. The Morgan fingerprint density at radius 2 is 2.21 bits per heavy atom. The van der Waals surface area contributed by atoms with E-state index in [2.05, 4.69) is 34.5 Å². The molecule has 108 valence electrons. The van der Waals surface area contributed by atoms with Crippen molar-refractivity contribution in [3.63, 3.8) is 0 Å². The zero-order valence-corrected chi connectivity index (χ0v) is 14.3. The van der Waals surface area contributed by atoms with Gasteiger partial charge in [0.25, 0.3) is 0 Å². The number of methoxy groups -OCH3 is 1. The molecule has 1 heterocycles. The lowest BCUT2D eigenvalue weighted by Crippen LogP contribution is -2.41. The fraction of sp³-hybridized carbons (Fsp3) is 0.538. The molecule has 2 N–H and O–H groups in total. The van der Waals surface area contributed by atoms with Gasteiger partial charge >= 0.3 is 0 Å². The van der Waals surface area contributed by atoms with Gasteiger partial charge in [0, 0.05) is 19.2 Å². The smallest absolute Gasteiger partial charge is 0.213 e. The number of rotatable bonds is 5. The van der Waals surface area contributed by atoms with Gasteiger partial charge in [0.2, 0.25) is 5.88 Å². The lowest BCUT2D eigenvalue weighted by Gasteiger charge is -2.16. The van der Waals surface area contributed by atoms with E-state index in [1.54, 1.807) is 14.2 Å². The molecule has 0 aliphatic heterocycles. The van der Waals surface area contributed by atoms with Gasteiger partial charge in [0.1, 0.15) is 0 Å². The first-order valence-corrected chi connectivity index (χ1v) is 6.16. The van der Waals surface area contributed by atoms with Gasteiger partial charge in [0.15, 0.2) is 5.96 Å². The van der Waals surface area contributed by atoms with Gasteiger partial charge in [-0.1, -0.05) is 13.0 Å². The molecule has 0 fully saturated rings. The van der Waals surface area contributed by atoms with Crippen molar-refractivity contribution in [2.24, 2.45) is 4.99 Å². The average molecular weight is 378 g/mol. The second-order valence-corrected chi connectivity index (χ2v) is 4.05. The van der Waals surface area contributed by atoms with Crippen molar-refractivity contribution in [1.82, 2.24) is 15.6 Å². The largest absolute Gasteiger partial charge is 0.481 e. The highest BCUT2D eigenvalue weighted by atomic mass is 127. The highest BCUT2D eigenvalue weighted by Crippen LogP contribution is 2.06. The van der Waals surface area contributed by atoms with Crippen molar-refractivity contribution in [3.8, 4) is 5.88 Å². The molecule has 0 saturated carbocycles. The fourth-order valence-electron chi connectivity index (χ4n) is 1.37. The second kappa shape index (κ2) is 9.82. The first-order valence-electron chi connectivity index (χ1n) is 6.16. The number of nitrogens with one attached hydrogen (secondary N) is 2. The molecule has 1 aromatic rings. The third kappa shape index (κ3) is 6.60. The van der Waals surface area contributed by atoms with Gasteiger partial charge in [-0.15, -0.1) is 24.0 Å². The van der Waals surface area contributed by atoms with Crippen LogP contribution in [-0.4, -0.2) is 31.1 Å².